The molecule has 1 aromatic heterocycles. The van der Waals surface area contributed by atoms with Crippen LogP contribution >= 0.6 is 0 Å². The third kappa shape index (κ3) is 3.43. The molecule has 1 fully saturated rings. The second-order valence-electron chi connectivity index (χ2n) is 6.00. The largest absolute Gasteiger partial charge is 0.494 e. The van der Waals surface area contributed by atoms with Crippen LogP contribution in [0.5, 0.6) is 5.75 Å². The van der Waals surface area contributed by atoms with Crippen molar-refractivity contribution in [1.29, 1.82) is 0 Å². The number of carbonyl (C=O) groups is 1. The molecule has 2 N–H and O–H groups in total. The molecule has 1 aliphatic heterocycles. The minimum Gasteiger partial charge on any atom is -0.494 e. The quantitative estimate of drug-likeness (QED) is 0.846. The molecular weight excluding hydrogens is 304 g/mol. The van der Waals surface area contributed by atoms with Crippen LogP contribution in [0, 0.1) is 0 Å². The zero-order valence-electron chi connectivity index (χ0n) is 14.0. The molecule has 2 aromatic rings. The van der Waals surface area contributed by atoms with Gasteiger partial charge in [-0.05, 0) is 56.6 Å². The third-order valence-electron chi connectivity index (χ3n) is 4.46. The van der Waals surface area contributed by atoms with Gasteiger partial charge in [-0.2, -0.15) is 5.10 Å². The van der Waals surface area contributed by atoms with Crippen molar-refractivity contribution in [2.24, 2.45) is 0 Å². The monoisotopic (exact) mass is 328 g/mol. The number of amides is 1. The Kier molecular flexibility index (Phi) is 5.15. The van der Waals surface area contributed by atoms with Crippen molar-refractivity contribution in [3.63, 3.8) is 0 Å². The molecule has 24 heavy (non-hydrogen) atoms. The van der Waals surface area contributed by atoms with E-state index in [2.05, 4.69) is 15.7 Å². The Morgan fingerprint density at radius 2 is 2.21 bits per heavy atom. The van der Waals surface area contributed by atoms with Crippen LogP contribution in [0.25, 0.3) is 0 Å². The molecule has 6 nitrogen and oxygen atoms in total. The summed E-state index contributed by atoms with van der Waals surface area (Å²) in [6, 6.07) is 9.69. The van der Waals surface area contributed by atoms with Crippen LogP contribution in [0.3, 0.4) is 0 Å². The Hall–Kier alpha value is -2.34. The van der Waals surface area contributed by atoms with Gasteiger partial charge >= 0.3 is 0 Å². The van der Waals surface area contributed by atoms with Crippen molar-refractivity contribution in [3.05, 3.63) is 48.3 Å². The molecule has 1 aliphatic rings. The molecule has 0 spiro atoms. The Bertz CT molecular complexity index is 663. The highest BCUT2D eigenvalue weighted by Crippen LogP contribution is 2.27. The molecule has 1 amide bonds. The molecule has 6 heteroatoms. The number of piperidine rings is 1. The predicted molar refractivity (Wildman–Crippen MR) is 91.8 cm³/mol. The fourth-order valence-corrected chi connectivity index (χ4v) is 3.18. The zero-order chi connectivity index (χ0) is 16.8. The van der Waals surface area contributed by atoms with Gasteiger partial charge in [0.05, 0.1) is 6.61 Å². The van der Waals surface area contributed by atoms with Crippen molar-refractivity contribution >= 4 is 5.91 Å². The average molecular weight is 328 g/mol. The Morgan fingerprint density at radius 3 is 2.92 bits per heavy atom. The van der Waals surface area contributed by atoms with Gasteiger partial charge in [0.25, 0.3) is 0 Å². The van der Waals surface area contributed by atoms with Crippen LogP contribution in [-0.4, -0.2) is 35.4 Å². The van der Waals surface area contributed by atoms with Gasteiger partial charge in [-0.15, -0.1) is 0 Å². The summed E-state index contributed by atoms with van der Waals surface area (Å²) >= 11 is 0. The molecular formula is C18H24N4O2. The molecule has 128 valence electrons. The standard InChI is InChI=1S/C18H24N4O2/c1-2-24-16-6-3-5-15(13-16)14-20-17(23)18(7-10-19-11-8-18)22-12-4-9-21-22/h3-6,9,12-13,19H,2,7-8,10-11,14H2,1H3,(H,20,23). The number of carbonyl (C=O) groups excluding carboxylic acids is 1. The van der Waals surface area contributed by atoms with Crippen LogP contribution in [0.15, 0.2) is 42.7 Å². The number of nitrogens with zero attached hydrogens (tertiary/aromatic N) is 2. The number of rotatable bonds is 6. The number of hydrogen-bond acceptors (Lipinski definition) is 4. The first kappa shape index (κ1) is 16.5. The summed E-state index contributed by atoms with van der Waals surface area (Å²) in [6.07, 6.45) is 5.07. The number of nitrogens with one attached hydrogen (secondary N) is 2. The lowest BCUT2D eigenvalue weighted by atomic mass is 9.87. The van der Waals surface area contributed by atoms with Crippen LogP contribution in [0.2, 0.25) is 0 Å². The van der Waals surface area contributed by atoms with Crippen LogP contribution in [0.1, 0.15) is 25.3 Å². The molecule has 0 aliphatic carbocycles. The van der Waals surface area contributed by atoms with E-state index in [1.54, 1.807) is 10.9 Å². The second-order valence-corrected chi connectivity index (χ2v) is 6.00. The SMILES string of the molecule is CCOc1cccc(CNC(=O)C2(n3cccn3)CCNCC2)c1. The molecule has 0 atom stereocenters. The number of benzene rings is 1. The van der Waals surface area contributed by atoms with Gasteiger partial charge in [-0.25, -0.2) is 0 Å². The molecule has 3 rings (SSSR count). The third-order valence-corrected chi connectivity index (χ3v) is 4.46. The van der Waals surface area contributed by atoms with E-state index in [1.807, 2.05) is 43.5 Å². The van der Waals surface area contributed by atoms with Gasteiger partial charge in [0.15, 0.2) is 0 Å². The van der Waals surface area contributed by atoms with Crippen LogP contribution < -0.4 is 15.4 Å². The fraction of sp³-hybridized carbons (Fsp3) is 0.444. The van der Waals surface area contributed by atoms with Gasteiger partial charge in [0.2, 0.25) is 5.91 Å². The van der Waals surface area contributed by atoms with E-state index >= 15 is 0 Å². The first-order valence-electron chi connectivity index (χ1n) is 8.45. The first-order chi connectivity index (χ1) is 11.7. The normalized spacial score (nSPS) is 16.5. The summed E-state index contributed by atoms with van der Waals surface area (Å²) in [7, 11) is 0. The summed E-state index contributed by atoms with van der Waals surface area (Å²) in [4.78, 5) is 13.0. The lowest BCUT2D eigenvalue weighted by molar-refractivity contribution is -0.132. The number of aromatic nitrogens is 2. The van der Waals surface area contributed by atoms with Gasteiger partial charge < -0.3 is 15.4 Å². The number of hydrogen-bond donors (Lipinski definition) is 2. The van der Waals surface area contributed by atoms with Crippen LogP contribution in [0.4, 0.5) is 0 Å². The maximum absolute atomic E-state index is 13.0. The Morgan fingerprint density at radius 1 is 1.38 bits per heavy atom. The highest BCUT2D eigenvalue weighted by Gasteiger charge is 2.41. The summed E-state index contributed by atoms with van der Waals surface area (Å²) < 4.78 is 7.32. The van der Waals surface area contributed by atoms with E-state index in [0.717, 1.165) is 37.2 Å². The van der Waals surface area contributed by atoms with E-state index in [0.29, 0.717) is 13.2 Å². The summed E-state index contributed by atoms with van der Waals surface area (Å²) in [5.41, 5.74) is 0.422. The summed E-state index contributed by atoms with van der Waals surface area (Å²) in [6.45, 7) is 4.70. The maximum atomic E-state index is 13.0. The van der Waals surface area contributed by atoms with E-state index in [1.165, 1.54) is 0 Å². The van der Waals surface area contributed by atoms with Gasteiger partial charge in [-0.1, -0.05) is 12.1 Å². The molecule has 2 heterocycles. The molecule has 0 radical (unpaired) electrons. The van der Waals surface area contributed by atoms with Crippen molar-refractivity contribution in [2.45, 2.75) is 31.8 Å². The minimum absolute atomic E-state index is 0.0227. The molecule has 0 unspecified atom stereocenters. The Balaban J connectivity index is 1.71. The zero-order valence-corrected chi connectivity index (χ0v) is 14.0. The maximum Gasteiger partial charge on any atom is 0.248 e. The van der Waals surface area contributed by atoms with E-state index in [4.69, 9.17) is 4.74 Å². The van der Waals surface area contributed by atoms with Gasteiger partial charge in [-0.3, -0.25) is 9.48 Å². The smallest absolute Gasteiger partial charge is 0.248 e. The average Bonchev–Trinajstić information content (AvgIpc) is 3.16. The Labute approximate surface area is 142 Å². The summed E-state index contributed by atoms with van der Waals surface area (Å²) in [5.74, 6) is 0.849. The predicted octanol–water partition coefficient (Wildman–Crippen LogP) is 1.68. The second kappa shape index (κ2) is 7.49. The van der Waals surface area contributed by atoms with Crippen LogP contribution in [-0.2, 0) is 16.9 Å². The minimum atomic E-state index is -0.605. The van der Waals surface area contributed by atoms with Crippen molar-refractivity contribution < 1.29 is 9.53 Å². The highest BCUT2D eigenvalue weighted by atomic mass is 16.5. The molecule has 0 bridgehead atoms. The lowest BCUT2D eigenvalue weighted by Gasteiger charge is -2.36. The number of ether oxygens (including phenoxy) is 1. The van der Waals surface area contributed by atoms with Crippen molar-refractivity contribution in [3.8, 4) is 5.75 Å². The highest BCUT2D eigenvalue weighted by molar-refractivity contribution is 5.84. The summed E-state index contributed by atoms with van der Waals surface area (Å²) in [5, 5.41) is 10.7. The molecule has 1 aromatic carbocycles. The van der Waals surface area contributed by atoms with E-state index in [-0.39, 0.29) is 5.91 Å². The lowest BCUT2D eigenvalue weighted by Crippen LogP contribution is -2.54. The van der Waals surface area contributed by atoms with Gasteiger partial charge in [0.1, 0.15) is 11.3 Å². The molecule has 1 saturated heterocycles. The van der Waals surface area contributed by atoms with Crippen molar-refractivity contribution in [2.75, 3.05) is 19.7 Å². The first-order valence-corrected chi connectivity index (χ1v) is 8.45. The van der Waals surface area contributed by atoms with E-state index < -0.39 is 5.54 Å². The van der Waals surface area contributed by atoms with Gasteiger partial charge in [0, 0.05) is 18.9 Å². The topological polar surface area (TPSA) is 68.2 Å². The van der Waals surface area contributed by atoms with Crippen molar-refractivity contribution in [1.82, 2.24) is 20.4 Å². The fourth-order valence-electron chi connectivity index (χ4n) is 3.18. The molecule has 0 saturated carbocycles. The van der Waals surface area contributed by atoms with E-state index in [9.17, 15) is 4.79 Å².